The average molecular weight is 289 g/mol. The zero-order valence-corrected chi connectivity index (χ0v) is 12.4. The van der Waals surface area contributed by atoms with Crippen LogP contribution in [0.25, 0.3) is 0 Å². The van der Waals surface area contributed by atoms with E-state index in [1.54, 1.807) is 24.3 Å². The van der Waals surface area contributed by atoms with Crippen LogP contribution in [-0.4, -0.2) is 18.0 Å². The molecule has 1 saturated carbocycles. The molecule has 0 spiro atoms. The van der Waals surface area contributed by atoms with Gasteiger partial charge in [-0.15, -0.1) is 0 Å². The average Bonchev–Trinajstić information content (AvgIpc) is 3.25. The molecule has 0 aliphatic heterocycles. The van der Waals surface area contributed by atoms with Crippen molar-refractivity contribution in [1.82, 2.24) is 5.32 Å². The zero-order chi connectivity index (χ0) is 15.1. The van der Waals surface area contributed by atoms with Crippen LogP contribution < -0.4 is 16.0 Å². The number of benzene rings is 1. The molecule has 1 aliphatic carbocycles. The molecule has 114 valence electrons. The van der Waals surface area contributed by atoms with Gasteiger partial charge in [0.2, 0.25) is 5.91 Å². The van der Waals surface area contributed by atoms with Crippen LogP contribution in [0.15, 0.2) is 24.3 Å². The summed E-state index contributed by atoms with van der Waals surface area (Å²) in [6, 6.07) is 7.33. The van der Waals surface area contributed by atoms with E-state index in [2.05, 4.69) is 22.9 Å². The highest BCUT2D eigenvalue weighted by molar-refractivity contribution is 5.92. The highest BCUT2D eigenvalue weighted by atomic mass is 16.2. The Morgan fingerprint density at radius 3 is 2.24 bits per heavy atom. The lowest BCUT2D eigenvalue weighted by Gasteiger charge is -2.08. The Balaban J connectivity index is 1.75. The van der Waals surface area contributed by atoms with Gasteiger partial charge in [-0.3, -0.25) is 4.79 Å². The SMILES string of the molecule is CCCCCC(=O)Nc1ccc(NC(=O)NC2CC2)cc1. The summed E-state index contributed by atoms with van der Waals surface area (Å²) in [5, 5.41) is 8.49. The molecule has 0 aromatic heterocycles. The number of unbranched alkanes of at least 4 members (excludes halogenated alkanes) is 2. The molecule has 3 amide bonds. The molecule has 0 unspecified atom stereocenters. The zero-order valence-electron chi connectivity index (χ0n) is 12.4. The number of urea groups is 1. The molecule has 3 N–H and O–H groups in total. The topological polar surface area (TPSA) is 70.2 Å². The first-order valence-corrected chi connectivity index (χ1v) is 7.65. The van der Waals surface area contributed by atoms with Gasteiger partial charge in [0, 0.05) is 23.8 Å². The first-order valence-electron chi connectivity index (χ1n) is 7.65. The van der Waals surface area contributed by atoms with Crippen molar-refractivity contribution in [2.45, 2.75) is 51.5 Å². The molecule has 21 heavy (non-hydrogen) atoms. The molecule has 0 saturated heterocycles. The third-order valence-corrected chi connectivity index (χ3v) is 3.35. The van der Waals surface area contributed by atoms with Crippen molar-refractivity contribution < 1.29 is 9.59 Å². The number of carbonyl (C=O) groups excluding carboxylic acids is 2. The van der Waals surface area contributed by atoms with Crippen molar-refractivity contribution >= 4 is 23.3 Å². The molecule has 1 aromatic carbocycles. The molecule has 0 radical (unpaired) electrons. The maximum atomic E-state index is 11.7. The normalized spacial score (nSPS) is 13.6. The van der Waals surface area contributed by atoms with Crippen molar-refractivity contribution in [1.29, 1.82) is 0 Å². The minimum Gasteiger partial charge on any atom is -0.335 e. The number of carbonyl (C=O) groups is 2. The van der Waals surface area contributed by atoms with Gasteiger partial charge in [0.05, 0.1) is 0 Å². The van der Waals surface area contributed by atoms with E-state index in [0.29, 0.717) is 12.5 Å². The second-order valence-electron chi connectivity index (χ2n) is 5.46. The Morgan fingerprint density at radius 2 is 1.67 bits per heavy atom. The van der Waals surface area contributed by atoms with Crippen LogP contribution in [0.1, 0.15) is 45.4 Å². The van der Waals surface area contributed by atoms with Crippen molar-refractivity contribution in [3.8, 4) is 0 Å². The molecular formula is C16H23N3O2. The summed E-state index contributed by atoms with van der Waals surface area (Å²) in [5.74, 6) is 0.0376. The summed E-state index contributed by atoms with van der Waals surface area (Å²) in [6.45, 7) is 2.11. The van der Waals surface area contributed by atoms with Crippen LogP contribution in [0.2, 0.25) is 0 Å². The predicted octanol–water partition coefficient (Wildman–Crippen LogP) is 3.49. The monoisotopic (exact) mass is 289 g/mol. The van der Waals surface area contributed by atoms with Crippen LogP contribution in [0, 0.1) is 0 Å². The molecule has 5 nitrogen and oxygen atoms in total. The highest BCUT2D eigenvalue weighted by Crippen LogP contribution is 2.19. The molecule has 1 aromatic rings. The Morgan fingerprint density at radius 1 is 1.05 bits per heavy atom. The maximum Gasteiger partial charge on any atom is 0.319 e. The lowest BCUT2D eigenvalue weighted by molar-refractivity contribution is -0.116. The van der Waals surface area contributed by atoms with E-state index >= 15 is 0 Å². The van der Waals surface area contributed by atoms with Gasteiger partial charge in [-0.25, -0.2) is 4.79 Å². The number of hydrogen-bond acceptors (Lipinski definition) is 2. The smallest absolute Gasteiger partial charge is 0.319 e. The second-order valence-corrected chi connectivity index (χ2v) is 5.46. The fraction of sp³-hybridized carbons (Fsp3) is 0.500. The third kappa shape index (κ3) is 5.85. The highest BCUT2D eigenvalue weighted by Gasteiger charge is 2.23. The Hall–Kier alpha value is -2.04. The van der Waals surface area contributed by atoms with Crippen molar-refractivity contribution in [3.63, 3.8) is 0 Å². The van der Waals surface area contributed by atoms with Gasteiger partial charge in [0.25, 0.3) is 0 Å². The fourth-order valence-corrected chi connectivity index (χ4v) is 1.98. The number of hydrogen-bond donors (Lipinski definition) is 3. The van der Waals surface area contributed by atoms with Crippen molar-refractivity contribution in [2.24, 2.45) is 0 Å². The second kappa shape index (κ2) is 7.67. The molecule has 2 rings (SSSR count). The molecular weight excluding hydrogens is 266 g/mol. The third-order valence-electron chi connectivity index (χ3n) is 3.35. The summed E-state index contributed by atoms with van der Waals surface area (Å²) >= 11 is 0. The minimum absolute atomic E-state index is 0.0376. The fourth-order valence-electron chi connectivity index (χ4n) is 1.98. The van der Waals surface area contributed by atoms with Gasteiger partial charge in [-0.1, -0.05) is 19.8 Å². The predicted molar refractivity (Wildman–Crippen MR) is 84.4 cm³/mol. The van der Waals surface area contributed by atoms with E-state index in [-0.39, 0.29) is 11.9 Å². The van der Waals surface area contributed by atoms with Crippen molar-refractivity contribution in [2.75, 3.05) is 10.6 Å². The van der Waals surface area contributed by atoms with Gasteiger partial charge in [0.15, 0.2) is 0 Å². The van der Waals surface area contributed by atoms with Gasteiger partial charge in [-0.2, -0.15) is 0 Å². The van der Waals surface area contributed by atoms with Crippen LogP contribution in [0.5, 0.6) is 0 Å². The first-order chi connectivity index (χ1) is 10.2. The van der Waals surface area contributed by atoms with Crippen LogP contribution in [0.3, 0.4) is 0 Å². The van der Waals surface area contributed by atoms with E-state index in [4.69, 9.17) is 0 Å². The summed E-state index contributed by atoms with van der Waals surface area (Å²) in [5.41, 5.74) is 1.47. The quantitative estimate of drug-likeness (QED) is 0.672. The van der Waals surface area contributed by atoms with E-state index in [0.717, 1.165) is 43.5 Å². The Labute approximate surface area is 125 Å². The molecule has 5 heteroatoms. The largest absolute Gasteiger partial charge is 0.335 e. The maximum absolute atomic E-state index is 11.7. The van der Waals surface area contributed by atoms with E-state index < -0.39 is 0 Å². The molecule has 0 atom stereocenters. The Bertz CT molecular complexity index is 481. The molecule has 1 aliphatic rings. The van der Waals surface area contributed by atoms with Crippen LogP contribution in [-0.2, 0) is 4.79 Å². The van der Waals surface area contributed by atoms with Crippen LogP contribution in [0.4, 0.5) is 16.2 Å². The van der Waals surface area contributed by atoms with Gasteiger partial charge >= 0.3 is 6.03 Å². The lowest BCUT2D eigenvalue weighted by atomic mass is 10.2. The van der Waals surface area contributed by atoms with Gasteiger partial charge < -0.3 is 16.0 Å². The number of nitrogens with one attached hydrogen (secondary N) is 3. The van der Waals surface area contributed by atoms with E-state index in [1.807, 2.05) is 0 Å². The minimum atomic E-state index is -0.172. The summed E-state index contributed by atoms with van der Waals surface area (Å²) in [6.07, 6.45) is 5.79. The summed E-state index contributed by atoms with van der Waals surface area (Å²) in [4.78, 5) is 23.3. The summed E-state index contributed by atoms with van der Waals surface area (Å²) < 4.78 is 0. The summed E-state index contributed by atoms with van der Waals surface area (Å²) in [7, 11) is 0. The standard InChI is InChI=1S/C16H23N3O2/c1-2-3-4-5-15(20)17-12-6-8-13(9-7-12)18-16(21)19-14-10-11-14/h6-9,14H,2-5,10-11H2,1H3,(H,17,20)(H2,18,19,21). The molecule has 1 fully saturated rings. The van der Waals surface area contributed by atoms with E-state index in [1.165, 1.54) is 0 Å². The Kier molecular flexibility index (Phi) is 5.60. The van der Waals surface area contributed by atoms with Crippen molar-refractivity contribution in [3.05, 3.63) is 24.3 Å². The molecule has 0 bridgehead atoms. The van der Waals surface area contributed by atoms with Gasteiger partial charge in [0.1, 0.15) is 0 Å². The first kappa shape index (κ1) is 15.4. The number of rotatable bonds is 7. The number of amides is 3. The number of anilines is 2. The molecule has 0 heterocycles. The lowest BCUT2D eigenvalue weighted by Crippen LogP contribution is -2.30. The van der Waals surface area contributed by atoms with Crippen LogP contribution >= 0.6 is 0 Å². The van der Waals surface area contributed by atoms with Gasteiger partial charge in [-0.05, 0) is 43.5 Å². The van der Waals surface area contributed by atoms with E-state index in [9.17, 15) is 9.59 Å².